The van der Waals surface area contributed by atoms with Crippen LogP contribution in [0.15, 0.2) is 54.7 Å². The maximum atomic E-state index is 8.13. The molecule has 3 rings (SSSR count). The Balaban J connectivity index is 2.07. The van der Waals surface area contributed by atoms with Crippen molar-refractivity contribution in [1.82, 2.24) is 9.88 Å². The lowest BCUT2D eigenvalue weighted by Gasteiger charge is -2.14. The Morgan fingerprint density at radius 1 is 1.19 bits per heavy atom. The second-order valence-electron chi connectivity index (χ2n) is 4.78. The van der Waals surface area contributed by atoms with Crippen LogP contribution in [0.4, 0.5) is 0 Å². The summed E-state index contributed by atoms with van der Waals surface area (Å²) in [6.45, 7) is -4.08. The molecule has 0 amide bonds. The van der Waals surface area contributed by atoms with Crippen LogP contribution < -0.4 is 0 Å². The number of benzene rings is 1. The van der Waals surface area contributed by atoms with Crippen LogP contribution in [-0.4, -0.2) is 29.4 Å². The first kappa shape index (κ1) is 7.37. The van der Waals surface area contributed by atoms with E-state index in [4.69, 9.17) is 11.0 Å². The van der Waals surface area contributed by atoms with Gasteiger partial charge in [-0.25, -0.2) is 0 Å². The maximum Gasteiger partial charge on any atom is 0.0705 e. The van der Waals surface area contributed by atoms with Crippen LogP contribution in [0.3, 0.4) is 0 Å². The Morgan fingerprint density at radius 2 is 1.95 bits per heavy atom. The lowest BCUT2D eigenvalue weighted by Crippen LogP contribution is -2.19. The van der Waals surface area contributed by atoms with Crippen molar-refractivity contribution in [2.45, 2.75) is 19.7 Å². The fraction of sp³-hybridized carbons (Fsp3) is 0.316. The molecule has 0 N–H and O–H groups in total. The molecule has 2 heteroatoms. The third kappa shape index (κ3) is 3.59. The highest BCUT2D eigenvalue weighted by Crippen LogP contribution is 2.22. The minimum absolute atomic E-state index is 0.335. The average molecular weight is 286 g/mol. The second kappa shape index (κ2) is 6.68. The van der Waals surface area contributed by atoms with Crippen molar-refractivity contribution >= 4 is 5.57 Å². The van der Waals surface area contributed by atoms with Gasteiger partial charge in [-0.1, -0.05) is 42.0 Å². The smallest absolute Gasteiger partial charge is 0.0705 e. The Bertz CT molecular complexity index is 882. The number of likely N-dealkylation sites (tertiary alicyclic amines) is 1. The fourth-order valence-electron chi connectivity index (χ4n) is 2.12. The van der Waals surface area contributed by atoms with E-state index in [0.29, 0.717) is 16.2 Å². The molecule has 2 aromatic rings. The van der Waals surface area contributed by atoms with Crippen molar-refractivity contribution in [2.24, 2.45) is 0 Å². The van der Waals surface area contributed by atoms with Gasteiger partial charge < -0.3 is 0 Å². The monoisotopic (exact) mass is 286 g/mol. The molecule has 1 aliphatic heterocycles. The number of rotatable bonds is 4. The highest BCUT2D eigenvalue weighted by atomic mass is 15.1. The number of hydrogen-bond donors (Lipinski definition) is 0. The molecule has 0 bridgehead atoms. The van der Waals surface area contributed by atoms with Gasteiger partial charge in [-0.05, 0) is 50.4 Å². The summed E-state index contributed by atoms with van der Waals surface area (Å²) in [5, 5.41) is 0. The van der Waals surface area contributed by atoms with Crippen molar-refractivity contribution in [3.8, 4) is 0 Å². The summed E-state index contributed by atoms with van der Waals surface area (Å²) in [5.41, 5.74) is 3.08. The Morgan fingerprint density at radius 3 is 2.62 bits per heavy atom. The molecule has 0 unspecified atom stereocenters. The molecular formula is C19H22N2. The molecule has 0 atom stereocenters. The van der Waals surface area contributed by atoms with Crippen LogP contribution >= 0.6 is 0 Å². The number of hydrogen-bond acceptors (Lipinski definition) is 2. The highest BCUT2D eigenvalue weighted by Gasteiger charge is 2.11. The van der Waals surface area contributed by atoms with Crippen molar-refractivity contribution < 1.29 is 11.0 Å². The van der Waals surface area contributed by atoms with Gasteiger partial charge in [0.1, 0.15) is 0 Å². The topological polar surface area (TPSA) is 16.1 Å². The van der Waals surface area contributed by atoms with Crippen LogP contribution in [0.25, 0.3) is 5.57 Å². The van der Waals surface area contributed by atoms with Crippen molar-refractivity contribution in [1.29, 1.82) is 0 Å². The van der Waals surface area contributed by atoms with Gasteiger partial charge in [0.2, 0.25) is 0 Å². The lowest BCUT2D eigenvalue weighted by molar-refractivity contribution is 0.377. The van der Waals surface area contributed by atoms with Crippen molar-refractivity contribution in [3.05, 3.63) is 71.6 Å². The average Bonchev–Trinajstić information content (AvgIpc) is 2.72. The second-order valence-corrected chi connectivity index (χ2v) is 4.78. The summed E-state index contributed by atoms with van der Waals surface area (Å²) >= 11 is 0. The van der Waals surface area contributed by atoms with Gasteiger partial charge in [-0.3, -0.25) is 9.88 Å². The van der Waals surface area contributed by atoms with E-state index in [0.717, 1.165) is 11.1 Å². The van der Waals surface area contributed by atoms with Gasteiger partial charge in [0.15, 0.2) is 0 Å². The Hall–Kier alpha value is -1.93. The predicted octanol–water partition coefficient (Wildman–Crippen LogP) is 3.92. The van der Waals surface area contributed by atoms with Crippen LogP contribution in [0.1, 0.15) is 40.5 Å². The lowest BCUT2D eigenvalue weighted by atomic mass is 10.0. The number of pyridine rings is 1. The van der Waals surface area contributed by atoms with Gasteiger partial charge in [0.05, 0.1) is 5.69 Å². The standard InChI is InChI=1S/C19H22N2/c1-16-7-9-17(10-8-16)18(19-6-2-3-12-20-19)11-15-21-13-4-5-14-21/h2-3,6-12H,4-5,13-15H2,1H3/b18-11+/i4D2,5D2,13D2,14D2. The summed E-state index contributed by atoms with van der Waals surface area (Å²) < 4.78 is 64.2. The van der Waals surface area contributed by atoms with Gasteiger partial charge in [-0.15, -0.1) is 0 Å². The SMILES string of the molecule is [2H]C1([2H])N(C/C=C(\c2ccc(C)cc2)c2ccccn2)C([2H])([2H])C([2H])([2H])C1([2H])[2H]. The van der Waals surface area contributed by atoms with Crippen LogP contribution in [0, 0.1) is 6.92 Å². The van der Waals surface area contributed by atoms with Gasteiger partial charge in [0.25, 0.3) is 0 Å². The van der Waals surface area contributed by atoms with E-state index in [-0.39, 0.29) is 6.54 Å². The first-order valence-corrected chi connectivity index (χ1v) is 6.80. The third-order valence-corrected chi connectivity index (χ3v) is 3.23. The van der Waals surface area contributed by atoms with E-state index in [9.17, 15) is 0 Å². The zero-order valence-electron chi connectivity index (χ0n) is 19.8. The van der Waals surface area contributed by atoms with Crippen molar-refractivity contribution in [3.63, 3.8) is 0 Å². The summed E-state index contributed by atoms with van der Waals surface area (Å²) in [4.78, 5) is 4.94. The molecule has 0 spiro atoms. The number of aromatic nitrogens is 1. The Labute approximate surface area is 138 Å². The van der Waals surface area contributed by atoms with Crippen LogP contribution in [0.5, 0.6) is 0 Å². The zero-order chi connectivity index (χ0) is 21.7. The molecule has 1 saturated heterocycles. The van der Waals surface area contributed by atoms with E-state index < -0.39 is 25.7 Å². The number of aryl methyl sites for hydroxylation is 1. The summed E-state index contributed by atoms with van der Waals surface area (Å²) in [7, 11) is 0. The molecule has 1 fully saturated rings. The van der Waals surface area contributed by atoms with E-state index in [1.54, 1.807) is 30.5 Å². The molecule has 21 heavy (non-hydrogen) atoms. The van der Waals surface area contributed by atoms with Crippen LogP contribution in [0.2, 0.25) is 0 Å². The van der Waals surface area contributed by atoms with E-state index >= 15 is 0 Å². The molecule has 2 heterocycles. The minimum Gasteiger partial charge on any atom is -0.300 e. The quantitative estimate of drug-likeness (QED) is 0.847. The van der Waals surface area contributed by atoms with Crippen molar-refractivity contribution in [2.75, 3.05) is 19.5 Å². The third-order valence-electron chi connectivity index (χ3n) is 3.23. The van der Waals surface area contributed by atoms with Gasteiger partial charge in [-0.2, -0.15) is 0 Å². The molecule has 108 valence electrons. The summed E-state index contributed by atoms with van der Waals surface area (Å²) in [6, 6.07) is 12.9. The molecule has 1 aromatic carbocycles. The molecule has 1 aromatic heterocycles. The largest absolute Gasteiger partial charge is 0.300 e. The predicted molar refractivity (Wildman–Crippen MR) is 88.2 cm³/mol. The van der Waals surface area contributed by atoms with E-state index in [2.05, 4.69) is 4.98 Å². The van der Waals surface area contributed by atoms with E-state index in [1.165, 1.54) is 0 Å². The normalized spacial score (nSPS) is 31.6. The number of nitrogens with zero attached hydrogens (tertiary/aromatic N) is 2. The fourth-order valence-corrected chi connectivity index (χ4v) is 2.12. The molecule has 0 aliphatic carbocycles. The molecule has 1 aliphatic rings. The minimum atomic E-state index is -3.04. The summed E-state index contributed by atoms with van der Waals surface area (Å²) in [5.74, 6) is 0. The van der Waals surface area contributed by atoms with Crippen LogP contribution in [-0.2, 0) is 0 Å². The zero-order valence-corrected chi connectivity index (χ0v) is 11.8. The first-order valence-electron chi connectivity index (χ1n) is 10.8. The maximum absolute atomic E-state index is 8.13. The molecule has 2 nitrogen and oxygen atoms in total. The highest BCUT2D eigenvalue weighted by molar-refractivity contribution is 5.78. The van der Waals surface area contributed by atoms with E-state index in [1.807, 2.05) is 31.2 Å². The Kier molecular flexibility index (Phi) is 2.34. The van der Waals surface area contributed by atoms with Gasteiger partial charge in [0, 0.05) is 29.3 Å². The summed E-state index contributed by atoms with van der Waals surface area (Å²) in [6.07, 6.45) is -2.89. The molecular weight excluding hydrogens is 256 g/mol. The molecule has 0 saturated carbocycles. The first-order chi connectivity index (χ1) is 13.3. The van der Waals surface area contributed by atoms with Gasteiger partial charge >= 0.3 is 0 Å². The molecule has 0 radical (unpaired) electrons.